The van der Waals surface area contributed by atoms with Crippen LogP contribution in [0.1, 0.15) is 30.5 Å². The molecular weight excluding hydrogens is 146 g/mol. The van der Waals surface area contributed by atoms with Gasteiger partial charge in [-0.25, -0.2) is 0 Å². The molecule has 0 unspecified atom stereocenters. The van der Waals surface area contributed by atoms with Gasteiger partial charge in [0.25, 0.3) is 0 Å². The van der Waals surface area contributed by atoms with Gasteiger partial charge in [0.15, 0.2) is 0 Å². The van der Waals surface area contributed by atoms with Crippen LogP contribution in [0.2, 0.25) is 0 Å². The average Bonchev–Trinajstić information content (AvgIpc) is 1.25. The number of hydrogen-bond donors (Lipinski definition) is 2. The SMILES string of the molecule is CC(C)(N)C(C)(C)N.[H-].[H-].[Na+].[Na+]. The minimum absolute atomic E-state index is 0. The maximum atomic E-state index is 5.69. The average molecular weight is 164 g/mol. The fourth-order valence-corrected chi connectivity index (χ4v) is 0. The topological polar surface area (TPSA) is 52.0 Å². The van der Waals surface area contributed by atoms with Gasteiger partial charge in [-0.05, 0) is 27.7 Å². The molecule has 54 valence electrons. The molecule has 0 aliphatic carbocycles. The van der Waals surface area contributed by atoms with Crippen LogP contribution in [0.25, 0.3) is 0 Å². The number of nitrogens with two attached hydrogens (primary N) is 2. The van der Waals surface area contributed by atoms with Crippen LogP contribution in [0, 0.1) is 0 Å². The van der Waals surface area contributed by atoms with Crippen LogP contribution in [-0.2, 0) is 0 Å². The fourth-order valence-electron chi connectivity index (χ4n) is 0. The van der Waals surface area contributed by atoms with Gasteiger partial charge in [0, 0.05) is 11.1 Å². The van der Waals surface area contributed by atoms with Crippen molar-refractivity contribution in [2.45, 2.75) is 38.8 Å². The Morgan fingerprint density at radius 1 is 0.800 bits per heavy atom. The quantitative estimate of drug-likeness (QED) is 0.380. The van der Waals surface area contributed by atoms with Crippen molar-refractivity contribution in [3.05, 3.63) is 0 Å². The van der Waals surface area contributed by atoms with Crippen molar-refractivity contribution >= 4 is 0 Å². The van der Waals surface area contributed by atoms with Crippen LogP contribution >= 0.6 is 0 Å². The number of rotatable bonds is 1. The predicted molar refractivity (Wildman–Crippen MR) is 38.8 cm³/mol. The summed E-state index contributed by atoms with van der Waals surface area (Å²) < 4.78 is 0. The van der Waals surface area contributed by atoms with Crippen LogP contribution in [0.4, 0.5) is 0 Å². The van der Waals surface area contributed by atoms with E-state index in [-0.39, 0.29) is 73.0 Å². The van der Waals surface area contributed by atoms with Crippen molar-refractivity contribution in [2.75, 3.05) is 0 Å². The van der Waals surface area contributed by atoms with Gasteiger partial charge in [0.1, 0.15) is 0 Å². The van der Waals surface area contributed by atoms with E-state index in [9.17, 15) is 0 Å². The van der Waals surface area contributed by atoms with Gasteiger partial charge in [0.2, 0.25) is 0 Å². The van der Waals surface area contributed by atoms with E-state index in [1.807, 2.05) is 27.7 Å². The zero-order valence-corrected chi connectivity index (χ0v) is 12.2. The first-order valence-electron chi connectivity index (χ1n) is 2.83. The molecule has 0 saturated carbocycles. The minimum atomic E-state index is -0.285. The molecule has 0 heterocycles. The Hall–Kier alpha value is 1.92. The Morgan fingerprint density at radius 3 is 0.900 bits per heavy atom. The molecule has 4 heteroatoms. The largest absolute Gasteiger partial charge is 1.00 e. The molecule has 0 aromatic carbocycles. The Bertz CT molecular complexity index is 76.5. The fraction of sp³-hybridized carbons (Fsp3) is 1.00. The smallest absolute Gasteiger partial charge is 1.00 e. The summed E-state index contributed by atoms with van der Waals surface area (Å²) in [6, 6.07) is 0. The van der Waals surface area contributed by atoms with Gasteiger partial charge in [0.05, 0.1) is 0 Å². The molecule has 0 spiro atoms. The molecule has 0 aliphatic rings. The Labute approximate surface area is 111 Å². The molecule has 0 bridgehead atoms. The Morgan fingerprint density at radius 2 is 0.900 bits per heavy atom. The van der Waals surface area contributed by atoms with Gasteiger partial charge in [-0.1, -0.05) is 0 Å². The molecule has 0 rings (SSSR count). The zero-order chi connectivity index (χ0) is 7.00. The first-order valence-corrected chi connectivity index (χ1v) is 2.83. The number of hydrogen-bond acceptors (Lipinski definition) is 2. The molecular formula is C6H18N2Na2. The van der Waals surface area contributed by atoms with Crippen LogP contribution in [0.15, 0.2) is 0 Å². The molecule has 0 aliphatic heterocycles. The molecule has 4 N–H and O–H groups in total. The van der Waals surface area contributed by atoms with Crippen LogP contribution in [0.5, 0.6) is 0 Å². The molecule has 0 aromatic rings. The minimum Gasteiger partial charge on any atom is -1.00 e. The summed E-state index contributed by atoms with van der Waals surface area (Å²) >= 11 is 0. The zero-order valence-electron chi connectivity index (χ0n) is 10.2. The van der Waals surface area contributed by atoms with Crippen molar-refractivity contribution in [2.24, 2.45) is 11.5 Å². The summed E-state index contributed by atoms with van der Waals surface area (Å²) in [4.78, 5) is 0. The summed E-state index contributed by atoms with van der Waals surface area (Å²) in [6.45, 7) is 7.69. The molecule has 0 amide bonds. The third kappa shape index (κ3) is 6.62. The summed E-state index contributed by atoms with van der Waals surface area (Å²) in [6.07, 6.45) is 0. The predicted octanol–water partition coefficient (Wildman–Crippen LogP) is -5.31. The van der Waals surface area contributed by atoms with Gasteiger partial charge in [-0.3, -0.25) is 0 Å². The van der Waals surface area contributed by atoms with Crippen LogP contribution < -0.4 is 70.6 Å². The maximum absolute atomic E-state index is 5.69. The van der Waals surface area contributed by atoms with E-state index in [0.717, 1.165) is 0 Å². The van der Waals surface area contributed by atoms with Crippen molar-refractivity contribution in [3.8, 4) is 0 Å². The van der Waals surface area contributed by atoms with E-state index in [4.69, 9.17) is 11.5 Å². The second-order valence-corrected chi connectivity index (χ2v) is 3.44. The van der Waals surface area contributed by atoms with E-state index in [0.29, 0.717) is 0 Å². The monoisotopic (exact) mass is 164 g/mol. The van der Waals surface area contributed by atoms with Gasteiger partial charge >= 0.3 is 59.1 Å². The van der Waals surface area contributed by atoms with E-state index in [2.05, 4.69) is 0 Å². The Balaban J connectivity index is -0.0000000408. The molecule has 0 fully saturated rings. The third-order valence-electron chi connectivity index (χ3n) is 1.66. The third-order valence-corrected chi connectivity index (χ3v) is 1.66. The molecule has 2 nitrogen and oxygen atoms in total. The molecule has 10 heavy (non-hydrogen) atoms. The van der Waals surface area contributed by atoms with Gasteiger partial charge < -0.3 is 14.3 Å². The molecule has 0 atom stereocenters. The molecule has 0 radical (unpaired) electrons. The van der Waals surface area contributed by atoms with Crippen molar-refractivity contribution in [1.29, 1.82) is 0 Å². The summed E-state index contributed by atoms with van der Waals surface area (Å²) in [5.74, 6) is 0. The van der Waals surface area contributed by atoms with E-state index in [1.165, 1.54) is 0 Å². The molecule has 0 aromatic heterocycles. The first kappa shape index (κ1) is 17.9. The second-order valence-electron chi connectivity index (χ2n) is 3.44. The Kier molecular flexibility index (Phi) is 9.91. The van der Waals surface area contributed by atoms with Gasteiger partial charge in [-0.2, -0.15) is 0 Å². The standard InChI is InChI=1S/C6H16N2.2Na.2H/c1-5(2,7)6(3,4)8;;;;/h7-8H2,1-4H3;;;;/q;2*+1;2*-1. The van der Waals surface area contributed by atoms with E-state index < -0.39 is 0 Å². The van der Waals surface area contributed by atoms with E-state index >= 15 is 0 Å². The van der Waals surface area contributed by atoms with Crippen molar-refractivity contribution in [3.63, 3.8) is 0 Å². The summed E-state index contributed by atoms with van der Waals surface area (Å²) in [5, 5.41) is 0. The summed E-state index contributed by atoms with van der Waals surface area (Å²) in [7, 11) is 0. The maximum Gasteiger partial charge on any atom is 1.00 e. The van der Waals surface area contributed by atoms with Crippen molar-refractivity contribution < 1.29 is 62.0 Å². The first-order chi connectivity index (χ1) is 3.25. The van der Waals surface area contributed by atoms with Crippen molar-refractivity contribution in [1.82, 2.24) is 0 Å². The molecule has 0 saturated heterocycles. The summed E-state index contributed by atoms with van der Waals surface area (Å²) in [5.41, 5.74) is 10.8. The van der Waals surface area contributed by atoms with Crippen LogP contribution in [0.3, 0.4) is 0 Å². The second kappa shape index (κ2) is 5.55. The van der Waals surface area contributed by atoms with Crippen LogP contribution in [-0.4, -0.2) is 11.1 Å². The van der Waals surface area contributed by atoms with Gasteiger partial charge in [-0.15, -0.1) is 0 Å². The normalized spacial score (nSPS) is 11.4. The van der Waals surface area contributed by atoms with E-state index in [1.54, 1.807) is 0 Å².